The summed E-state index contributed by atoms with van der Waals surface area (Å²) in [6.07, 6.45) is 0.718. The minimum Gasteiger partial charge on any atom is -0.507 e. The maximum Gasteiger partial charge on any atom is 0.300 e. The minimum absolute atomic E-state index is 0.00412. The van der Waals surface area contributed by atoms with E-state index in [9.17, 15) is 19.5 Å². The predicted octanol–water partition coefficient (Wildman–Crippen LogP) is 4.66. The number of aliphatic hydroxyl groups excluding tert-OH is 1. The molecule has 3 aromatic rings. The number of carbonyl (C=O) groups is 3. The van der Waals surface area contributed by atoms with E-state index in [1.54, 1.807) is 36.4 Å². The van der Waals surface area contributed by atoms with Crippen molar-refractivity contribution >= 4 is 40.4 Å². The third-order valence-electron chi connectivity index (χ3n) is 6.78. The quantitative estimate of drug-likeness (QED) is 0.294. The summed E-state index contributed by atoms with van der Waals surface area (Å²) in [4.78, 5) is 42.0. The second-order valence-electron chi connectivity index (χ2n) is 9.84. The van der Waals surface area contributed by atoms with Crippen LogP contribution in [0.2, 0.25) is 0 Å². The molecule has 8 heteroatoms. The van der Waals surface area contributed by atoms with Crippen molar-refractivity contribution in [2.24, 2.45) is 0 Å². The van der Waals surface area contributed by atoms with Gasteiger partial charge in [-0.05, 0) is 66.6 Å². The molecule has 0 aromatic heterocycles. The molecule has 0 aliphatic carbocycles. The maximum atomic E-state index is 13.5. The van der Waals surface area contributed by atoms with Gasteiger partial charge < -0.3 is 20.1 Å². The van der Waals surface area contributed by atoms with Gasteiger partial charge >= 0.3 is 0 Å². The van der Waals surface area contributed by atoms with Gasteiger partial charge in [-0.2, -0.15) is 0 Å². The monoisotopic (exact) mass is 511 g/mol. The standard InChI is InChI=1S/C30H29N3O5/c1-17-14-21-15-20(10-13-25(21)38-17)28(35)26-27(19-8-11-23(12-9-19)32(3)4)33(30(37)29(26)36)24-7-5-6-22(16-24)31-18(2)34/h5-13,15-17,27,35H,14H2,1-4H3,(H,31,34)/b28-26-. The summed E-state index contributed by atoms with van der Waals surface area (Å²) in [5.41, 5.74) is 3.92. The lowest BCUT2D eigenvalue weighted by Gasteiger charge is -2.26. The van der Waals surface area contributed by atoms with Gasteiger partial charge in [-0.25, -0.2) is 0 Å². The van der Waals surface area contributed by atoms with Crippen LogP contribution in [0.4, 0.5) is 17.1 Å². The van der Waals surface area contributed by atoms with Gasteiger partial charge in [-0.1, -0.05) is 18.2 Å². The largest absolute Gasteiger partial charge is 0.507 e. The predicted molar refractivity (Wildman–Crippen MR) is 147 cm³/mol. The summed E-state index contributed by atoms with van der Waals surface area (Å²) in [6, 6.07) is 18.7. The second-order valence-corrected chi connectivity index (χ2v) is 9.84. The number of fused-ring (bicyclic) bond motifs is 1. The van der Waals surface area contributed by atoms with Crippen LogP contribution in [0.25, 0.3) is 5.76 Å². The zero-order valence-corrected chi connectivity index (χ0v) is 21.7. The van der Waals surface area contributed by atoms with Gasteiger partial charge in [0.25, 0.3) is 11.7 Å². The Labute approximate surface area is 221 Å². The third-order valence-corrected chi connectivity index (χ3v) is 6.78. The molecule has 2 unspecified atom stereocenters. The van der Waals surface area contributed by atoms with E-state index >= 15 is 0 Å². The van der Waals surface area contributed by atoms with Crippen LogP contribution in [-0.4, -0.2) is 42.9 Å². The molecule has 2 aliphatic rings. The van der Waals surface area contributed by atoms with Crippen LogP contribution in [0, 0.1) is 0 Å². The number of Topliss-reactive ketones (excluding diaryl/α,β-unsaturated/α-hetero) is 1. The lowest BCUT2D eigenvalue weighted by Crippen LogP contribution is -2.29. The van der Waals surface area contributed by atoms with E-state index in [0.717, 1.165) is 17.0 Å². The number of anilines is 3. The van der Waals surface area contributed by atoms with E-state index in [2.05, 4.69) is 5.32 Å². The molecule has 5 rings (SSSR count). The molecular weight excluding hydrogens is 482 g/mol. The molecule has 1 fully saturated rings. The highest BCUT2D eigenvalue weighted by Gasteiger charge is 2.47. The van der Waals surface area contributed by atoms with Crippen LogP contribution >= 0.6 is 0 Å². The van der Waals surface area contributed by atoms with Crippen LogP contribution in [-0.2, 0) is 20.8 Å². The lowest BCUT2D eigenvalue weighted by atomic mass is 9.94. The molecule has 38 heavy (non-hydrogen) atoms. The van der Waals surface area contributed by atoms with Crippen molar-refractivity contribution in [2.45, 2.75) is 32.4 Å². The fourth-order valence-corrected chi connectivity index (χ4v) is 5.03. The Balaban J connectivity index is 1.67. The first kappa shape index (κ1) is 25.1. The van der Waals surface area contributed by atoms with Crippen LogP contribution in [0.1, 0.15) is 36.6 Å². The molecule has 0 spiro atoms. The van der Waals surface area contributed by atoms with Crippen LogP contribution in [0.3, 0.4) is 0 Å². The van der Waals surface area contributed by atoms with Crippen molar-refractivity contribution in [1.82, 2.24) is 0 Å². The van der Waals surface area contributed by atoms with Crippen LogP contribution in [0.5, 0.6) is 5.75 Å². The summed E-state index contributed by atoms with van der Waals surface area (Å²) in [5, 5.41) is 14.2. The van der Waals surface area contributed by atoms with Crippen LogP contribution < -0.4 is 19.9 Å². The number of amides is 2. The van der Waals surface area contributed by atoms with E-state index in [1.165, 1.54) is 11.8 Å². The maximum absolute atomic E-state index is 13.5. The highest BCUT2D eigenvalue weighted by molar-refractivity contribution is 6.51. The topological polar surface area (TPSA) is 99.2 Å². The minimum atomic E-state index is -0.873. The number of benzene rings is 3. The number of ketones is 1. The molecule has 2 aliphatic heterocycles. The second kappa shape index (κ2) is 9.70. The molecule has 0 radical (unpaired) electrons. The van der Waals surface area contributed by atoms with E-state index in [1.807, 2.05) is 56.3 Å². The summed E-state index contributed by atoms with van der Waals surface area (Å²) >= 11 is 0. The van der Waals surface area contributed by atoms with Crippen molar-refractivity contribution in [3.05, 3.63) is 89.0 Å². The van der Waals surface area contributed by atoms with E-state index in [0.29, 0.717) is 28.9 Å². The average Bonchev–Trinajstić information content (AvgIpc) is 3.38. The van der Waals surface area contributed by atoms with Crippen molar-refractivity contribution in [3.63, 3.8) is 0 Å². The molecule has 8 nitrogen and oxygen atoms in total. The first-order valence-corrected chi connectivity index (χ1v) is 12.4. The van der Waals surface area contributed by atoms with Crippen LogP contribution in [0.15, 0.2) is 72.3 Å². The number of hydrogen-bond donors (Lipinski definition) is 2. The van der Waals surface area contributed by atoms with Gasteiger partial charge in [0, 0.05) is 50.1 Å². The number of aliphatic hydroxyl groups is 1. The van der Waals surface area contributed by atoms with Crippen molar-refractivity contribution in [1.29, 1.82) is 0 Å². The molecule has 2 amide bonds. The fraction of sp³-hybridized carbons (Fsp3) is 0.233. The summed E-state index contributed by atoms with van der Waals surface area (Å²) in [7, 11) is 3.85. The molecular formula is C30H29N3O5. The zero-order valence-electron chi connectivity index (χ0n) is 21.7. The zero-order chi connectivity index (χ0) is 27.1. The number of rotatable bonds is 5. The van der Waals surface area contributed by atoms with Crippen molar-refractivity contribution < 1.29 is 24.2 Å². The Bertz CT molecular complexity index is 1480. The van der Waals surface area contributed by atoms with Gasteiger partial charge in [0.2, 0.25) is 5.91 Å². The highest BCUT2D eigenvalue weighted by Crippen LogP contribution is 2.43. The van der Waals surface area contributed by atoms with Crippen molar-refractivity contribution in [2.75, 3.05) is 29.2 Å². The lowest BCUT2D eigenvalue weighted by molar-refractivity contribution is -0.132. The Morgan fingerprint density at radius 1 is 1.05 bits per heavy atom. The molecule has 2 N–H and O–H groups in total. The molecule has 2 atom stereocenters. The summed E-state index contributed by atoms with van der Waals surface area (Å²) < 4.78 is 5.78. The first-order valence-electron chi connectivity index (χ1n) is 12.4. The van der Waals surface area contributed by atoms with Gasteiger partial charge in [0.15, 0.2) is 0 Å². The molecule has 2 heterocycles. The number of carbonyl (C=O) groups excluding carboxylic acids is 3. The third kappa shape index (κ3) is 4.49. The number of hydrogen-bond acceptors (Lipinski definition) is 6. The van der Waals surface area contributed by atoms with Gasteiger partial charge in [0.05, 0.1) is 11.6 Å². The highest BCUT2D eigenvalue weighted by atomic mass is 16.5. The number of nitrogens with zero attached hydrogens (tertiary/aromatic N) is 2. The fourth-order valence-electron chi connectivity index (χ4n) is 5.03. The molecule has 0 saturated carbocycles. The Morgan fingerprint density at radius 2 is 1.79 bits per heavy atom. The van der Waals surface area contributed by atoms with Gasteiger partial charge in [-0.15, -0.1) is 0 Å². The van der Waals surface area contributed by atoms with E-state index in [4.69, 9.17) is 4.74 Å². The summed E-state index contributed by atoms with van der Waals surface area (Å²) in [5.74, 6) is -1.28. The van der Waals surface area contributed by atoms with Gasteiger partial charge in [0.1, 0.15) is 17.6 Å². The molecule has 0 bridgehead atoms. The van der Waals surface area contributed by atoms with Crippen molar-refractivity contribution in [3.8, 4) is 5.75 Å². The number of nitrogens with one attached hydrogen (secondary N) is 1. The molecule has 1 saturated heterocycles. The average molecular weight is 512 g/mol. The summed E-state index contributed by atoms with van der Waals surface area (Å²) in [6.45, 7) is 3.37. The molecule has 194 valence electrons. The SMILES string of the molecule is CC(=O)Nc1cccc(N2C(=O)C(=O)/C(=C(\O)c3ccc4c(c3)CC(C)O4)C2c2ccc(N(C)C)cc2)c1. The molecule has 3 aromatic carbocycles. The number of ether oxygens (including phenoxy) is 1. The Kier molecular flexibility index (Phi) is 6.40. The Morgan fingerprint density at radius 3 is 2.47 bits per heavy atom. The Hall–Kier alpha value is -4.59. The van der Waals surface area contributed by atoms with E-state index in [-0.39, 0.29) is 23.3 Å². The smallest absolute Gasteiger partial charge is 0.300 e. The van der Waals surface area contributed by atoms with E-state index < -0.39 is 17.7 Å². The first-order chi connectivity index (χ1) is 18.1. The van der Waals surface area contributed by atoms with Gasteiger partial charge in [-0.3, -0.25) is 19.3 Å². The normalized spacial score (nSPS) is 19.7.